The first kappa shape index (κ1) is 12.0. The molecule has 1 rings (SSSR count). The number of hydrogen-bond donors (Lipinski definition) is 0. The van der Waals surface area contributed by atoms with Gasteiger partial charge < -0.3 is 4.90 Å². The zero-order valence-corrected chi connectivity index (χ0v) is 9.58. The lowest BCUT2D eigenvalue weighted by atomic mass is 10.2. The van der Waals surface area contributed by atoms with Gasteiger partial charge in [0.2, 0.25) is 0 Å². The molecule has 1 fully saturated rings. The van der Waals surface area contributed by atoms with Crippen LogP contribution in [0.25, 0.3) is 0 Å². The van der Waals surface area contributed by atoms with Crippen LogP contribution >= 0.6 is 0 Å². The maximum absolute atomic E-state index is 8.68. The molecule has 0 amide bonds. The van der Waals surface area contributed by atoms with E-state index in [-0.39, 0.29) is 0 Å². The molecule has 0 bridgehead atoms. The van der Waals surface area contributed by atoms with Gasteiger partial charge in [-0.2, -0.15) is 5.26 Å². The molecule has 1 aliphatic rings. The Morgan fingerprint density at radius 2 is 2.13 bits per heavy atom. The Kier molecular flexibility index (Phi) is 5.80. The number of unbranched alkanes of at least 4 members (excludes halogenated alkanes) is 1. The minimum absolute atomic E-state index is 0.760. The van der Waals surface area contributed by atoms with Crippen LogP contribution in [0.5, 0.6) is 0 Å². The summed E-state index contributed by atoms with van der Waals surface area (Å²) in [6.07, 6.45) is 10.9. The Hall–Kier alpha value is -1.07. The van der Waals surface area contributed by atoms with E-state index in [2.05, 4.69) is 17.0 Å². The van der Waals surface area contributed by atoms with E-state index in [1.165, 1.54) is 38.9 Å². The minimum atomic E-state index is 0.760. The van der Waals surface area contributed by atoms with Gasteiger partial charge in [0.1, 0.15) is 0 Å². The van der Waals surface area contributed by atoms with Gasteiger partial charge in [0.05, 0.1) is 6.07 Å². The first-order valence-corrected chi connectivity index (χ1v) is 5.82. The molecular formula is C13H20N2. The van der Waals surface area contributed by atoms with Crippen molar-refractivity contribution in [1.82, 2.24) is 4.90 Å². The Morgan fingerprint density at radius 1 is 1.40 bits per heavy atom. The average Bonchev–Trinajstić information content (AvgIpc) is 2.76. The Labute approximate surface area is 92.9 Å². The number of nitrogens with zero attached hydrogens (tertiary/aromatic N) is 2. The van der Waals surface area contributed by atoms with Gasteiger partial charge in [0.15, 0.2) is 0 Å². The van der Waals surface area contributed by atoms with Crippen LogP contribution < -0.4 is 0 Å². The zero-order chi connectivity index (χ0) is 10.9. The van der Waals surface area contributed by atoms with Crippen LogP contribution in [-0.2, 0) is 0 Å². The molecule has 82 valence electrons. The van der Waals surface area contributed by atoms with Crippen LogP contribution in [0.4, 0.5) is 0 Å². The normalized spacial score (nSPS) is 18.5. The smallest absolute Gasteiger partial charge is 0.0987 e. The van der Waals surface area contributed by atoms with Gasteiger partial charge in [0, 0.05) is 5.57 Å². The molecule has 1 heterocycles. The molecule has 0 atom stereocenters. The quantitative estimate of drug-likeness (QED) is 0.391. The van der Waals surface area contributed by atoms with E-state index in [1.54, 1.807) is 0 Å². The minimum Gasteiger partial charge on any atom is -0.303 e. The van der Waals surface area contributed by atoms with Gasteiger partial charge in [-0.1, -0.05) is 12.2 Å². The van der Waals surface area contributed by atoms with Crippen molar-refractivity contribution in [3.63, 3.8) is 0 Å². The lowest BCUT2D eigenvalue weighted by Crippen LogP contribution is -2.19. The zero-order valence-electron chi connectivity index (χ0n) is 9.58. The summed E-state index contributed by atoms with van der Waals surface area (Å²) in [6, 6.07) is 2.15. The molecule has 0 spiro atoms. The van der Waals surface area contributed by atoms with Crippen molar-refractivity contribution in [2.75, 3.05) is 19.6 Å². The fourth-order valence-electron chi connectivity index (χ4n) is 1.85. The van der Waals surface area contributed by atoms with Crippen molar-refractivity contribution in [1.29, 1.82) is 5.26 Å². The largest absolute Gasteiger partial charge is 0.303 e. The van der Waals surface area contributed by atoms with E-state index in [4.69, 9.17) is 5.26 Å². The summed E-state index contributed by atoms with van der Waals surface area (Å²) in [6.45, 7) is 5.67. The van der Waals surface area contributed by atoms with Gasteiger partial charge in [0.25, 0.3) is 0 Å². The second-order valence-corrected chi connectivity index (χ2v) is 3.95. The molecule has 0 N–H and O–H groups in total. The lowest BCUT2D eigenvalue weighted by molar-refractivity contribution is 0.335. The van der Waals surface area contributed by atoms with Gasteiger partial charge in [-0.3, -0.25) is 0 Å². The highest BCUT2D eigenvalue weighted by Crippen LogP contribution is 2.08. The molecule has 0 unspecified atom stereocenters. The maximum atomic E-state index is 8.68. The third-order valence-corrected chi connectivity index (χ3v) is 2.78. The summed E-state index contributed by atoms with van der Waals surface area (Å²) < 4.78 is 0. The highest BCUT2D eigenvalue weighted by molar-refractivity contribution is 5.31. The number of nitriles is 1. The van der Waals surface area contributed by atoms with Gasteiger partial charge in [-0.05, 0) is 58.3 Å². The van der Waals surface area contributed by atoms with E-state index < -0.39 is 0 Å². The molecule has 1 aliphatic heterocycles. The molecule has 0 aromatic rings. The fourth-order valence-corrected chi connectivity index (χ4v) is 1.85. The van der Waals surface area contributed by atoms with Crippen molar-refractivity contribution in [3.05, 3.63) is 23.8 Å². The highest BCUT2D eigenvalue weighted by atomic mass is 15.1. The number of rotatable bonds is 5. The summed E-state index contributed by atoms with van der Waals surface area (Å²) in [5.41, 5.74) is 0.760. The molecular weight excluding hydrogens is 184 g/mol. The van der Waals surface area contributed by atoms with Gasteiger partial charge >= 0.3 is 0 Å². The Bertz CT molecular complexity index is 265. The van der Waals surface area contributed by atoms with Crippen molar-refractivity contribution >= 4 is 0 Å². The first-order chi connectivity index (χ1) is 7.36. The van der Waals surface area contributed by atoms with Crippen LogP contribution in [0.15, 0.2) is 23.8 Å². The second-order valence-electron chi connectivity index (χ2n) is 3.95. The third kappa shape index (κ3) is 4.80. The number of hydrogen-bond acceptors (Lipinski definition) is 2. The molecule has 0 aliphatic carbocycles. The second kappa shape index (κ2) is 7.25. The van der Waals surface area contributed by atoms with Crippen LogP contribution in [0, 0.1) is 11.3 Å². The summed E-state index contributed by atoms with van der Waals surface area (Å²) in [5, 5.41) is 8.68. The van der Waals surface area contributed by atoms with E-state index >= 15 is 0 Å². The summed E-state index contributed by atoms with van der Waals surface area (Å²) >= 11 is 0. The SMILES string of the molecule is C/C=C(C#N)\C=C/CCCN1CCCC1. The number of likely N-dealkylation sites (tertiary alicyclic amines) is 1. The lowest BCUT2D eigenvalue weighted by Gasteiger charge is -2.12. The van der Waals surface area contributed by atoms with E-state index in [0.717, 1.165) is 12.0 Å². The van der Waals surface area contributed by atoms with E-state index in [0.29, 0.717) is 0 Å². The highest BCUT2D eigenvalue weighted by Gasteiger charge is 2.09. The van der Waals surface area contributed by atoms with Crippen LogP contribution in [0.1, 0.15) is 32.6 Å². The molecule has 2 nitrogen and oxygen atoms in total. The summed E-state index contributed by atoms with van der Waals surface area (Å²) in [7, 11) is 0. The van der Waals surface area contributed by atoms with Crippen molar-refractivity contribution in [3.8, 4) is 6.07 Å². The van der Waals surface area contributed by atoms with Crippen molar-refractivity contribution in [2.45, 2.75) is 32.6 Å². The molecule has 0 aromatic heterocycles. The predicted octanol–water partition coefficient (Wildman–Crippen LogP) is 2.89. The van der Waals surface area contributed by atoms with Crippen molar-refractivity contribution < 1.29 is 0 Å². The molecule has 2 heteroatoms. The third-order valence-electron chi connectivity index (χ3n) is 2.78. The molecule has 0 radical (unpaired) electrons. The standard InChI is InChI=1S/C13H20N2/c1-2-13(12-14)8-4-3-5-9-15-10-6-7-11-15/h2,4,8H,3,5-7,9-11H2,1H3/b8-4-,13-2+. The molecule has 15 heavy (non-hydrogen) atoms. The predicted molar refractivity (Wildman–Crippen MR) is 63.4 cm³/mol. The summed E-state index contributed by atoms with van der Waals surface area (Å²) in [5.74, 6) is 0. The van der Waals surface area contributed by atoms with E-state index in [1.807, 2.05) is 19.1 Å². The van der Waals surface area contributed by atoms with Gasteiger partial charge in [-0.15, -0.1) is 0 Å². The van der Waals surface area contributed by atoms with E-state index in [9.17, 15) is 0 Å². The topological polar surface area (TPSA) is 27.0 Å². The Balaban J connectivity index is 2.08. The van der Waals surface area contributed by atoms with Crippen LogP contribution in [-0.4, -0.2) is 24.5 Å². The maximum Gasteiger partial charge on any atom is 0.0987 e. The van der Waals surface area contributed by atoms with Gasteiger partial charge in [-0.25, -0.2) is 0 Å². The van der Waals surface area contributed by atoms with Crippen LogP contribution in [0.3, 0.4) is 0 Å². The molecule has 0 aromatic carbocycles. The Morgan fingerprint density at radius 3 is 2.73 bits per heavy atom. The fraction of sp³-hybridized carbons (Fsp3) is 0.615. The molecule has 0 saturated carbocycles. The van der Waals surface area contributed by atoms with Crippen molar-refractivity contribution in [2.24, 2.45) is 0 Å². The summed E-state index contributed by atoms with van der Waals surface area (Å²) in [4.78, 5) is 2.52. The number of allylic oxidation sites excluding steroid dienone is 4. The van der Waals surface area contributed by atoms with Crippen LogP contribution in [0.2, 0.25) is 0 Å². The average molecular weight is 204 g/mol. The first-order valence-electron chi connectivity index (χ1n) is 5.82. The monoisotopic (exact) mass is 204 g/mol. The molecule has 1 saturated heterocycles.